The number of ether oxygens (including phenoxy) is 1. The first kappa shape index (κ1) is 21.7. The van der Waals surface area contributed by atoms with Gasteiger partial charge in [0, 0.05) is 5.69 Å². The SMILES string of the molecule is O=C(COC(=O)CN1C(=O)[C@@H]2[C@H]3C[C@@H]([C@H](Cl)[C@H]3Cl)[C@H]2C1=O)Nc1ccc(Cl)c(Cl)c1. The van der Waals surface area contributed by atoms with Gasteiger partial charge in [-0.15, -0.1) is 23.2 Å². The van der Waals surface area contributed by atoms with Crippen LogP contribution in [0.15, 0.2) is 18.2 Å². The van der Waals surface area contributed by atoms with Gasteiger partial charge in [0.25, 0.3) is 5.91 Å². The zero-order valence-electron chi connectivity index (χ0n) is 15.3. The van der Waals surface area contributed by atoms with Gasteiger partial charge in [-0.1, -0.05) is 23.2 Å². The Labute approximate surface area is 191 Å². The summed E-state index contributed by atoms with van der Waals surface area (Å²) in [6.07, 6.45) is 0.641. The second-order valence-corrected chi connectivity index (χ2v) is 9.43. The first-order valence-electron chi connectivity index (χ1n) is 9.23. The van der Waals surface area contributed by atoms with Crippen LogP contribution in [0, 0.1) is 23.7 Å². The second-order valence-electron chi connectivity index (χ2n) is 7.60. The van der Waals surface area contributed by atoms with E-state index in [1.807, 2.05) is 0 Å². The van der Waals surface area contributed by atoms with Gasteiger partial charge in [-0.05, 0) is 36.5 Å². The van der Waals surface area contributed by atoms with Gasteiger partial charge < -0.3 is 10.1 Å². The van der Waals surface area contributed by atoms with Crippen LogP contribution in [0.3, 0.4) is 0 Å². The lowest BCUT2D eigenvalue weighted by atomic mass is 9.80. The van der Waals surface area contributed by atoms with E-state index in [1.54, 1.807) is 0 Å². The molecule has 11 heteroatoms. The molecule has 0 aromatic heterocycles. The van der Waals surface area contributed by atoms with E-state index in [2.05, 4.69) is 5.32 Å². The number of anilines is 1. The van der Waals surface area contributed by atoms with Gasteiger partial charge in [-0.3, -0.25) is 24.1 Å². The normalized spacial score (nSPS) is 31.8. The summed E-state index contributed by atoms with van der Waals surface area (Å²) in [5, 5.41) is 2.36. The zero-order chi connectivity index (χ0) is 21.7. The second kappa shape index (κ2) is 8.19. The van der Waals surface area contributed by atoms with Crippen molar-refractivity contribution in [1.82, 2.24) is 4.90 Å². The Hall–Kier alpha value is -1.54. The minimum atomic E-state index is -0.863. The summed E-state index contributed by atoms with van der Waals surface area (Å²) in [5.74, 6) is -3.73. The summed E-state index contributed by atoms with van der Waals surface area (Å²) in [4.78, 5) is 50.4. The van der Waals surface area contributed by atoms with E-state index in [9.17, 15) is 19.2 Å². The fourth-order valence-electron chi connectivity index (χ4n) is 4.66. The zero-order valence-corrected chi connectivity index (χ0v) is 18.3. The summed E-state index contributed by atoms with van der Waals surface area (Å²) < 4.78 is 4.91. The van der Waals surface area contributed by atoms with Crippen LogP contribution in [-0.2, 0) is 23.9 Å². The van der Waals surface area contributed by atoms with Crippen LogP contribution in [-0.4, -0.2) is 52.5 Å². The highest BCUT2D eigenvalue weighted by Gasteiger charge is 2.66. The molecule has 4 rings (SSSR count). The van der Waals surface area contributed by atoms with Crippen LogP contribution < -0.4 is 5.32 Å². The monoisotopic (exact) mass is 492 g/mol. The van der Waals surface area contributed by atoms with Crippen LogP contribution >= 0.6 is 46.4 Å². The molecule has 3 fully saturated rings. The Bertz CT molecular complexity index is 909. The van der Waals surface area contributed by atoms with Crippen molar-refractivity contribution in [3.05, 3.63) is 28.2 Å². The summed E-state index contributed by atoms with van der Waals surface area (Å²) in [7, 11) is 0. The predicted molar refractivity (Wildman–Crippen MR) is 111 cm³/mol. The standard InChI is InChI=1S/C19H16Cl4N2O5/c20-10-2-1-7(3-11(10)21)24-12(26)6-30-13(27)5-25-18(28)14-8-4-9(15(14)19(25)29)17(23)16(8)22/h1-3,8-9,14-17H,4-6H2,(H,24,26)/t8-,9-,14-,15-,16+,17+/m1/s1. The van der Waals surface area contributed by atoms with Crippen LogP contribution in [0.1, 0.15) is 6.42 Å². The quantitative estimate of drug-likeness (QED) is 0.386. The number of carbonyl (C=O) groups excluding carboxylic acids is 4. The number of carbonyl (C=O) groups is 4. The predicted octanol–water partition coefficient (Wildman–Crippen LogP) is 2.94. The lowest BCUT2D eigenvalue weighted by Gasteiger charge is -2.28. The highest BCUT2D eigenvalue weighted by Crippen LogP contribution is 2.59. The minimum absolute atomic E-state index is 0.168. The number of imide groups is 1. The molecular weight excluding hydrogens is 478 g/mol. The first-order chi connectivity index (χ1) is 14.2. The van der Waals surface area contributed by atoms with E-state index in [0.29, 0.717) is 17.1 Å². The number of alkyl halides is 2. The third kappa shape index (κ3) is 3.66. The molecular formula is C19H16Cl4N2O5. The number of amides is 3. The maximum absolute atomic E-state index is 12.7. The number of fused-ring (bicyclic) bond motifs is 5. The lowest BCUT2D eigenvalue weighted by molar-refractivity contribution is -0.154. The maximum Gasteiger partial charge on any atom is 0.326 e. The molecule has 3 aliphatic rings. The van der Waals surface area contributed by atoms with E-state index in [1.165, 1.54) is 18.2 Å². The molecule has 1 aliphatic heterocycles. The third-order valence-electron chi connectivity index (χ3n) is 5.93. The lowest BCUT2D eigenvalue weighted by Crippen LogP contribution is -2.38. The van der Waals surface area contributed by atoms with E-state index in [0.717, 1.165) is 4.90 Å². The van der Waals surface area contributed by atoms with E-state index in [-0.39, 0.29) is 27.6 Å². The molecule has 30 heavy (non-hydrogen) atoms. The summed E-state index contributed by atoms with van der Waals surface area (Å²) >= 11 is 24.3. The van der Waals surface area contributed by atoms with Crippen molar-refractivity contribution in [3.8, 4) is 0 Å². The smallest absolute Gasteiger partial charge is 0.326 e. The van der Waals surface area contributed by atoms with Crippen molar-refractivity contribution in [2.24, 2.45) is 23.7 Å². The Morgan fingerprint density at radius 1 is 1.03 bits per heavy atom. The van der Waals surface area contributed by atoms with Gasteiger partial charge in [0.1, 0.15) is 6.54 Å². The fraction of sp³-hybridized carbons (Fsp3) is 0.474. The van der Waals surface area contributed by atoms with Crippen molar-refractivity contribution in [2.75, 3.05) is 18.5 Å². The summed E-state index contributed by atoms with van der Waals surface area (Å²) in [6, 6.07) is 4.50. The van der Waals surface area contributed by atoms with Crippen molar-refractivity contribution in [2.45, 2.75) is 17.2 Å². The Kier molecular flexibility index (Phi) is 5.92. The third-order valence-corrected chi connectivity index (χ3v) is 7.99. The van der Waals surface area contributed by atoms with Gasteiger partial charge in [0.05, 0.1) is 32.6 Å². The van der Waals surface area contributed by atoms with E-state index < -0.39 is 48.7 Å². The first-order valence-corrected chi connectivity index (χ1v) is 10.9. The largest absolute Gasteiger partial charge is 0.454 e. The Morgan fingerprint density at radius 3 is 2.20 bits per heavy atom. The number of hydrogen-bond donors (Lipinski definition) is 1. The van der Waals surface area contributed by atoms with Crippen molar-refractivity contribution < 1.29 is 23.9 Å². The Morgan fingerprint density at radius 2 is 1.63 bits per heavy atom. The molecule has 0 unspecified atom stereocenters. The Balaban J connectivity index is 1.31. The van der Waals surface area contributed by atoms with Crippen LogP contribution in [0.2, 0.25) is 10.0 Å². The number of benzene rings is 1. The molecule has 2 bridgehead atoms. The topological polar surface area (TPSA) is 92.8 Å². The highest BCUT2D eigenvalue weighted by atomic mass is 35.5. The number of hydrogen-bond acceptors (Lipinski definition) is 5. The van der Waals surface area contributed by atoms with Gasteiger partial charge in [-0.2, -0.15) is 0 Å². The molecule has 1 heterocycles. The number of nitrogens with zero attached hydrogens (tertiary/aromatic N) is 1. The van der Waals surface area contributed by atoms with E-state index >= 15 is 0 Å². The molecule has 0 radical (unpaired) electrons. The molecule has 0 spiro atoms. The molecule has 2 saturated carbocycles. The molecule has 7 nitrogen and oxygen atoms in total. The maximum atomic E-state index is 12.7. The highest BCUT2D eigenvalue weighted by molar-refractivity contribution is 6.42. The molecule has 1 saturated heterocycles. The van der Waals surface area contributed by atoms with Crippen LogP contribution in [0.4, 0.5) is 5.69 Å². The van der Waals surface area contributed by atoms with Gasteiger partial charge in [-0.25, -0.2) is 0 Å². The van der Waals surface area contributed by atoms with Gasteiger partial charge >= 0.3 is 5.97 Å². The summed E-state index contributed by atoms with van der Waals surface area (Å²) in [5.41, 5.74) is 0.380. The van der Waals surface area contributed by atoms with Crippen LogP contribution in [0.25, 0.3) is 0 Å². The molecule has 1 aromatic carbocycles. The average molecular weight is 494 g/mol. The average Bonchev–Trinajstić information content (AvgIpc) is 3.30. The van der Waals surface area contributed by atoms with Crippen molar-refractivity contribution in [1.29, 1.82) is 0 Å². The number of likely N-dealkylation sites (tertiary alicyclic amines) is 1. The molecule has 3 amide bonds. The molecule has 160 valence electrons. The molecule has 1 N–H and O–H groups in total. The van der Waals surface area contributed by atoms with Crippen LogP contribution in [0.5, 0.6) is 0 Å². The van der Waals surface area contributed by atoms with Crippen molar-refractivity contribution >= 4 is 75.8 Å². The number of esters is 1. The summed E-state index contributed by atoms with van der Waals surface area (Å²) in [6.45, 7) is -1.13. The number of rotatable bonds is 5. The van der Waals surface area contributed by atoms with Crippen molar-refractivity contribution in [3.63, 3.8) is 0 Å². The molecule has 2 aliphatic carbocycles. The fourth-order valence-corrected chi connectivity index (χ4v) is 5.85. The van der Waals surface area contributed by atoms with Gasteiger partial charge in [0.15, 0.2) is 6.61 Å². The van der Waals surface area contributed by atoms with Gasteiger partial charge in [0.2, 0.25) is 11.8 Å². The molecule has 1 aromatic rings. The minimum Gasteiger partial charge on any atom is -0.454 e. The number of halogens is 4. The molecule has 6 atom stereocenters. The van der Waals surface area contributed by atoms with E-state index in [4.69, 9.17) is 51.1 Å². The number of nitrogens with one attached hydrogen (secondary N) is 1.